The third kappa shape index (κ3) is 3.40. The van der Waals surface area contributed by atoms with E-state index >= 15 is 0 Å². The number of hydrogen-bond acceptors (Lipinski definition) is 2. The fraction of sp³-hybridized carbons (Fsp3) is 0.286. The number of carboxylic acid groups (broad SMARTS) is 1. The minimum atomic E-state index is -0.904. The molecule has 0 atom stereocenters. The van der Waals surface area contributed by atoms with Gasteiger partial charge in [-0.15, -0.1) is 0 Å². The van der Waals surface area contributed by atoms with Crippen molar-refractivity contribution in [1.82, 2.24) is 9.55 Å². The van der Waals surface area contributed by atoms with Gasteiger partial charge in [0.1, 0.15) is 5.82 Å². The van der Waals surface area contributed by atoms with Gasteiger partial charge in [-0.2, -0.15) is 0 Å². The minimum Gasteiger partial charge on any atom is -0.478 e. The van der Waals surface area contributed by atoms with Crippen LogP contribution in [0.1, 0.15) is 64.5 Å². The summed E-state index contributed by atoms with van der Waals surface area (Å²) in [5, 5.41) is 9.63. The molecule has 5 rings (SSSR count). The molecule has 1 aromatic heterocycles. The Labute approximate surface area is 188 Å². The van der Waals surface area contributed by atoms with Gasteiger partial charge < -0.3 is 5.11 Å². The van der Waals surface area contributed by atoms with Gasteiger partial charge in [-0.3, -0.25) is 4.57 Å². The Kier molecular flexibility index (Phi) is 5.09. The Morgan fingerprint density at radius 1 is 0.906 bits per heavy atom. The fourth-order valence-corrected chi connectivity index (χ4v) is 5.07. The van der Waals surface area contributed by atoms with Gasteiger partial charge in [0.2, 0.25) is 0 Å². The highest BCUT2D eigenvalue weighted by Gasteiger charge is 2.25. The second-order valence-electron chi connectivity index (χ2n) is 9.06. The van der Waals surface area contributed by atoms with Gasteiger partial charge in [-0.05, 0) is 91.8 Å². The number of imidazole rings is 1. The van der Waals surface area contributed by atoms with E-state index in [1.807, 2.05) is 12.1 Å². The number of nitrogens with zero attached hydrogens (tertiary/aromatic N) is 2. The first-order valence-electron chi connectivity index (χ1n) is 11.4. The monoisotopic (exact) mass is 424 g/mol. The average molecular weight is 425 g/mol. The van der Waals surface area contributed by atoms with Gasteiger partial charge in [-0.1, -0.05) is 37.1 Å². The van der Waals surface area contributed by atoms with E-state index in [0.29, 0.717) is 11.5 Å². The van der Waals surface area contributed by atoms with Crippen LogP contribution in [0.4, 0.5) is 0 Å². The van der Waals surface area contributed by atoms with Crippen LogP contribution < -0.4 is 0 Å². The van der Waals surface area contributed by atoms with Gasteiger partial charge in [0.15, 0.2) is 0 Å². The first kappa shape index (κ1) is 20.5. The second kappa shape index (κ2) is 7.94. The molecule has 0 aliphatic heterocycles. The molecule has 0 spiro atoms. The molecule has 1 saturated carbocycles. The van der Waals surface area contributed by atoms with E-state index in [1.54, 1.807) is 12.1 Å². The molecule has 1 heterocycles. The lowest BCUT2D eigenvalue weighted by Crippen LogP contribution is -2.06. The predicted molar refractivity (Wildman–Crippen MR) is 129 cm³/mol. The maximum atomic E-state index is 11.7. The number of carbonyl (C=O) groups is 1. The standard InChI is InChI=1S/C28H28N2O2/c1-17-15-25-26(16-18(17)2)30(27(29-25)20-8-4-5-9-20)21-12-13-22(19(3)14-21)23-10-6-7-11-24(23)28(31)32/h6-7,10-16,20H,4-5,8-9H2,1-3H3,(H,31,32). The van der Waals surface area contributed by atoms with E-state index in [2.05, 4.69) is 55.7 Å². The van der Waals surface area contributed by atoms with Crippen LogP contribution in [0.5, 0.6) is 0 Å². The number of fused-ring (bicyclic) bond motifs is 1. The van der Waals surface area contributed by atoms with Gasteiger partial charge in [0.05, 0.1) is 16.6 Å². The van der Waals surface area contributed by atoms with Crippen molar-refractivity contribution in [1.29, 1.82) is 0 Å². The number of hydrogen-bond donors (Lipinski definition) is 1. The van der Waals surface area contributed by atoms with Gasteiger partial charge in [0.25, 0.3) is 0 Å². The average Bonchev–Trinajstić information content (AvgIpc) is 3.42. The van der Waals surface area contributed by atoms with Crippen LogP contribution in [-0.2, 0) is 0 Å². The molecule has 1 fully saturated rings. The molecule has 4 nitrogen and oxygen atoms in total. The van der Waals surface area contributed by atoms with Crippen molar-refractivity contribution in [3.8, 4) is 16.8 Å². The number of aromatic nitrogens is 2. The van der Waals surface area contributed by atoms with Gasteiger partial charge in [0, 0.05) is 11.6 Å². The quantitative estimate of drug-likeness (QED) is 0.385. The molecule has 0 bridgehead atoms. The minimum absolute atomic E-state index is 0.328. The molecule has 0 unspecified atom stereocenters. The van der Waals surface area contributed by atoms with E-state index in [9.17, 15) is 9.90 Å². The summed E-state index contributed by atoms with van der Waals surface area (Å²) in [4.78, 5) is 16.9. The zero-order valence-electron chi connectivity index (χ0n) is 18.9. The molecular formula is C28H28N2O2. The highest BCUT2D eigenvalue weighted by Crippen LogP contribution is 2.38. The Hall–Kier alpha value is -3.40. The van der Waals surface area contributed by atoms with E-state index in [4.69, 9.17) is 4.98 Å². The predicted octanol–water partition coefficient (Wildman–Crippen LogP) is 6.97. The molecule has 1 N–H and O–H groups in total. The Morgan fingerprint density at radius 3 is 2.34 bits per heavy atom. The number of aryl methyl sites for hydroxylation is 3. The molecule has 0 amide bonds. The van der Waals surface area contributed by atoms with Crippen LogP contribution in [0.15, 0.2) is 54.6 Å². The van der Waals surface area contributed by atoms with Crippen LogP contribution in [0.2, 0.25) is 0 Å². The first-order valence-corrected chi connectivity index (χ1v) is 11.4. The number of benzene rings is 3. The summed E-state index contributed by atoms with van der Waals surface area (Å²) in [6, 6.07) is 18.0. The Balaban J connectivity index is 1.69. The zero-order chi connectivity index (χ0) is 22.4. The molecule has 162 valence electrons. The van der Waals surface area contributed by atoms with E-state index in [-0.39, 0.29) is 0 Å². The molecular weight excluding hydrogens is 396 g/mol. The lowest BCUT2D eigenvalue weighted by atomic mass is 9.95. The van der Waals surface area contributed by atoms with E-state index in [0.717, 1.165) is 39.2 Å². The molecule has 1 aliphatic rings. The molecule has 1 aliphatic carbocycles. The summed E-state index contributed by atoms with van der Waals surface area (Å²) in [7, 11) is 0. The van der Waals surface area contributed by atoms with Gasteiger partial charge >= 0.3 is 5.97 Å². The fourth-order valence-electron chi connectivity index (χ4n) is 5.07. The largest absolute Gasteiger partial charge is 0.478 e. The molecule has 3 aromatic carbocycles. The van der Waals surface area contributed by atoms with Crippen molar-refractivity contribution >= 4 is 17.0 Å². The first-order chi connectivity index (χ1) is 15.4. The number of carboxylic acids is 1. The lowest BCUT2D eigenvalue weighted by Gasteiger charge is -2.16. The van der Waals surface area contributed by atoms with E-state index in [1.165, 1.54) is 36.8 Å². The number of rotatable bonds is 4. The van der Waals surface area contributed by atoms with Crippen LogP contribution >= 0.6 is 0 Å². The second-order valence-corrected chi connectivity index (χ2v) is 9.06. The third-order valence-corrected chi connectivity index (χ3v) is 6.93. The molecule has 0 saturated heterocycles. The van der Waals surface area contributed by atoms with Crippen molar-refractivity contribution in [2.24, 2.45) is 0 Å². The Bertz CT molecular complexity index is 1340. The maximum Gasteiger partial charge on any atom is 0.336 e. The maximum absolute atomic E-state index is 11.7. The van der Waals surface area contributed by atoms with Crippen LogP contribution in [0.25, 0.3) is 27.8 Å². The van der Waals surface area contributed by atoms with Crippen molar-refractivity contribution in [2.45, 2.75) is 52.4 Å². The van der Waals surface area contributed by atoms with E-state index < -0.39 is 5.97 Å². The molecule has 0 radical (unpaired) electrons. The molecule has 4 heteroatoms. The highest BCUT2D eigenvalue weighted by atomic mass is 16.4. The normalized spacial score (nSPS) is 14.3. The summed E-state index contributed by atoms with van der Waals surface area (Å²) >= 11 is 0. The SMILES string of the molecule is Cc1cc2nc(C3CCCC3)n(-c3ccc(-c4ccccc4C(=O)O)c(C)c3)c2cc1C. The summed E-state index contributed by atoms with van der Waals surface area (Å²) in [5.74, 6) is 0.732. The topological polar surface area (TPSA) is 55.1 Å². The van der Waals surface area contributed by atoms with Crippen molar-refractivity contribution < 1.29 is 9.90 Å². The smallest absolute Gasteiger partial charge is 0.336 e. The van der Waals surface area contributed by atoms with Crippen LogP contribution in [-0.4, -0.2) is 20.6 Å². The highest BCUT2D eigenvalue weighted by molar-refractivity contribution is 5.96. The molecule has 32 heavy (non-hydrogen) atoms. The van der Waals surface area contributed by atoms with Crippen molar-refractivity contribution in [3.05, 3.63) is 82.7 Å². The van der Waals surface area contributed by atoms with Crippen LogP contribution in [0.3, 0.4) is 0 Å². The number of aromatic carboxylic acids is 1. The Morgan fingerprint density at radius 2 is 1.62 bits per heavy atom. The van der Waals surface area contributed by atoms with Crippen molar-refractivity contribution in [3.63, 3.8) is 0 Å². The van der Waals surface area contributed by atoms with Gasteiger partial charge in [-0.25, -0.2) is 9.78 Å². The summed E-state index contributed by atoms with van der Waals surface area (Å²) in [5.41, 5.74) is 8.89. The summed E-state index contributed by atoms with van der Waals surface area (Å²) < 4.78 is 2.33. The summed E-state index contributed by atoms with van der Waals surface area (Å²) in [6.07, 6.45) is 4.89. The van der Waals surface area contributed by atoms with Crippen molar-refractivity contribution in [2.75, 3.05) is 0 Å². The zero-order valence-corrected chi connectivity index (χ0v) is 18.9. The lowest BCUT2D eigenvalue weighted by molar-refractivity contribution is 0.0697. The summed E-state index contributed by atoms with van der Waals surface area (Å²) in [6.45, 7) is 6.35. The van der Waals surface area contributed by atoms with Crippen LogP contribution in [0, 0.1) is 20.8 Å². The molecule has 4 aromatic rings. The third-order valence-electron chi connectivity index (χ3n) is 6.93.